The third-order valence-corrected chi connectivity index (χ3v) is 5.75. The number of benzene rings is 1. The zero-order valence-electron chi connectivity index (χ0n) is 16.4. The van der Waals surface area contributed by atoms with Gasteiger partial charge in [0.15, 0.2) is 0 Å². The lowest BCUT2D eigenvalue weighted by atomic mass is 9.88. The monoisotopic (exact) mass is 437 g/mol. The zero-order valence-corrected chi connectivity index (χ0v) is 17.3. The minimum atomic E-state index is -4.37. The van der Waals surface area contributed by atoms with Crippen molar-refractivity contribution in [2.45, 2.75) is 57.4 Å². The van der Waals surface area contributed by atoms with E-state index in [4.69, 9.17) is 14.5 Å². The Bertz CT molecular complexity index is 724. The van der Waals surface area contributed by atoms with E-state index in [9.17, 15) is 22.5 Å². The highest BCUT2D eigenvalue weighted by Crippen LogP contribution is 2.36. The molecule has 1 saturated heterocycles. The van der Waals surface area contributed by atoms with E-state index < -0.39 is 31.6 Å². The number of alkyl halides is 3. The molecule has 0 spiro atoms. The second-order valence-electron chi connectivity index (χ2n) is 7.57. The lowest BCUT2D eigenvalue weighted by Gasteiger charge is -2.35. The normalized spacial score (nSPS) is 17.6. The van der Waals surface area contributed by atoms with Gasteiger partial charge in [0.1, 0.15) is 6.10 Å². The fourth-order valence-corrected chi connectivity index (χ4v) is 4.02. The van der Waals surface area contributed by atoms with Crippen molar-refractivity contribution in [3.63, 3.8) is 0 Å². The maximum Gasteiger partial charge on any atom is 0.416 e. The molecule has 2 rings (SSSR count). The molecule has 1 amide bonds. The summed E-state index contributed by atoms with van der Waals surface area (Å²) in [6.45, 7) is 4.32. The molecule has 2 N–H and O–H groups in total. The standard InChI is InChI=1S/C19H27F3NO5P/c1-13(2)28-17(9-12-29(25,26)27)18(24)23-10-7-15(8-11-23)14-3-5-16(6-4-14)19(20,21)22/h3-6,13,15,17H,7-12H2,1-2H3,(H2,25,26,27). The van der Waals surface area contributed by atoms with Crippen LogP contribution in [0.25, 0.3) is 0 Å². The summed E-state index contributed by atoms with van der Waals surface area (Å²) in [5.41, 5.74) is 0.120. The van der Waals surface area contributed by atoms with Crippen LogP contribution in [0.3, 0.4) is 0 Å². The van der Waals surface area contributed by atoms with Crippen molar-refractivity contribution in [2.75, 3.05) is 19.3 Å². The number of rotatable bonds is 7. The van der Waals surface area contributed by atoms with Crippen LogP contribution in [-0.4, -0.2) is 52.1 Å². The van der Waals surface area contributed by atoms with E-state index in [1.807, 2.05) is 0 Å². The molecule has 0 aromatic heterocycles. The summed E-state index contributed by atoms with van der Waals surface area (Å²) in [7, 11) is -4.24. The van der Waals surface area contributed by atoms with Crippen molar-refractivity contribution < 1.29 is 37.1 Å². The molecule has 1 atom stereocenters. The minimum Gasteiger partial charge on any atom is -0.366 e. The predicted octanol–water partition coefficient (Wildman–Crippen LogP) is 3.77. The molecule has 1 aliphatic heterocycles. The summed E-state index contributed by atoms with van der Waals surface area (Å²) in [5, 5.41) is 0. The summed E-state index contributed by atoms with van der Waals surface area (Å²) in [5.74, 6) is -0.251. The topological polar surface area (TPSA) is 87.1 Å². The number of hydrogen-bond donors (Lipinski definition) is 2. The van der Waals surface area contributed by atoms with Crippen molar-refractivity contribution in [2.24, 2.45) is 0 Å². The van der Waals surface area contributed by atoms with Gasteiger partial charge < -0.3 is 19.4 Å². The maximum atomic E-state index is 12.8. The van der Waals surface area contributed by atoms with Crippen molar-refractivity contribution >= 4 is 13.5 Å². The molecule has 1 aliphatic rings. The zero-order chi connectivity index (χ0) is 21.8. The molecule has 1 aromatic carbocycles. The Balaban J connectivity index is 1.97. The highest BCUT2D eigenvalue weighted by molar-refractivity contribution is 7.51. The van der Waals surface area contributed by atoms with Crippen LogP contribution in [-0.2, 0) is 20.3 Å². The Morgan fingerprint density at radius 3 is 2.21 bits per heavy atom. The molecule has 6 nitrogen and oxygen atoms in total. The van der Waals surface area contributed by atoms with Gasteiger partial charge in [0.05, 0.1) is 17.8 Å². The molecule has 164 valence electrons. The SMILES string of the molecule is CC(C)OC(CCP(=O)(O)O)C(=O)N1CCC(c2ccc(C(F)(F)F)cc2)CC1. The quantitative estimate of drug-likeness (QED) is 0.634. The summed E-state index contributed by atoms with van der Waals surface area (Å²) in [6.07, 6.45) is -4.87. The summed E-state index contributed by atoms with van der Waals surface area (Å²) in [6, 6.07) is 5.11. The molecular weight excluding hydrogens is 410 g/mol. The van der Waals surface area contributed by atoms with Gasteiger partial charge in [-0.25, -0.2) is 0 Å². The first-order valence-electron chi connectivity index (χ1n) is 9.53. The molecular formula is C19H27F3NO5P. The summed E-state index contributed by atoms with van der Waals surface area (Å²) < 4.78 is 54.8. The van der Waals surface area contributed by atoms with E-state index in [0.29, 0.717) is 25.9 Å². The second-order valence-corrected chi connectivity index (χ2v) is 9.35. The fourth-order valence-electron chi connectivity index (χ4n) is 3.44. The second kappa shape index (κ2) is 9.60. The van der Waals surface area contributed by atoms with Gasteiger partial charge in [-0.05, 0) is 56.7 Å². The van der Waals surface area contributed by atoms with Gasteiger partial charge in [-0.15, -0.1) is 0 Å². The third kappa shape index (κ3) is 7.41. The van der Waals surface area contributed by atoms with E-state index >= 15 is 0 Å². The Morgan fingerprint density at radius 1 is 1.21 bits per heavy atom. The van der Waals surface area contributed by atoms with E-state index in [-0.39, 0.29) is 24.3 Å². The van der Waals surface area contributed by atoms with Gasteiger partial charge in [0.25, 0.3) is 5.91 Å². The van der Waals surface area contributed by atoms with Gasteiger partial charge in [0.2, 0.25) is 0 Å². The van der Waals surface area contributed by atoms with Crippen LogP contribution in [0.1, 0.15) is 50.2 Å². The Kier molecular flexibility index (Phi) is 7.90. The smallest absolute Gasteiger partial charge is 0.366 e. The van der Waals surface area contributed by atoms with Gasteiger partial charge in [-0.2, -0.15) is 13.2 Å². The van der Waals surface area contributed by atoms with Gasteiger partial charge >= 0.3 is 13.8 Å². The number of nitrogens with zero attached hydrogens (tertiary/aromatic N) is 1. The van der Waals surface area contributed by atoms with Crippen molar-refractivity contribution in [1.82, 2.24) is 4.90 Å². The lowest BCUT2D eigenvalue weighted by molar-refractivity contribution is -0.147. The Hall–Kier alpha value is -1.41. The lowest BCUT2D eigenvalue weighted by Crippen LogP contribution is -2.45. The number of carbonyl (C=O) groups is 1. The van der Waals surface area contributed by atoms with E-state index in [1.165, 1.54) is 12.1 Å². The van der Waals surface area contributed by atoms with Crippen molar-refractivity contribution in [3.05, 3.63) is 35.4 Å². The predicted molar refractivity (Wildman–Crippen MR) is 102 cm³/mol. The fraction of sp³-hybridized carbons (Fsp3) is 0.632. The number of carbonyl (C=O) groups excluding carboxylic acids is 1. The first-order chi connectivity index (χ1) is 13.4. The van der Waals surface area contributed by atoms with Crippen LogP contribution >= 0.6 is 7.60 Å². The molecule has 1 unspecified atom stereocenters. The molecule has 0 bridgehead atoms. The number of ether oxygens (including phenoxy) is 1. The van der Waals surface area contributed by atoms with E-state index in [0.717, 1.165) is 17.7 Å². The highest BCUT2D eigenvalue weighted by atomic mass is 31.2. The summed E-state index contributed by atoms with van der Waals surface area (Å²) >= 11 is 0. The van der Waals surface area contributed by atoms with Crippen LogP contribution in [0.4, 0.5) is 13.2 Å². The average Bonchev–Trinajstić information content (AvgIpc) is 2.63. The van der Waals surface area contributed by atoms with E-state index in [1.54, 1.807) is 18.7 Å². The molecule has 10 heteroatoms. The van der Waals surface area contributed by atoms with Crippen LogP contribution in [0.5, 0.6) is 0 Å². The van der Waals surface area contributed by atoms with Crippen LogP contribution in [0.15, 0.2) is 24.3 Å². The Morgan fingerprint density at radius 2 is 1.76 bits per heavy atom. The Labute approximate surface area is 168 Å². The third-order valence-electron chi connectivity index (χ3n) is 4.91. The minimum absolute atomic E-state index is 0.0564. The molecule has 1 heterocycles. The number of amides is 1. The first-order valence-corrected chi connectivity index (χ1v) is 11.3. The molecule has 29 heavy (non-hydrogen) atoms. The van der Waals surface area contributed by atoms with E-state index in [2.05, 4.69) is 0 Å². The number of halogens is 3. The van der Waals surface area contributed by atoms with Crippen LogP contribution < -0.4 is 0 Å². The van der Waals surface area contributed by atoms with Crippen molar-refractivity contribution in [3.8, 4) is 0 Å². The summed E-state index contributed by atoms with van der Waals surface area (Å²) in [4.78, 5) is 32.5. The van der Waals surface area contributed by atoms with Gasteiger partial charge in [-0.1, -0.05) is 12.1 Å². The highest BCUT2D eigenvalue weighted by Gasteiger charge is 2.33. The number of likely N-dealkylation sites (tertiary alicyclic amines) is 1. The van der Waals surface area contributed by atoms with Crippen LogP contribution in [0, 0.1) is 0 Å². The molecule has 1 fully saturated rings. The maximum absolute atomic E-state index is 12.8. The van der Waals surface area contributed by atoms with Crippen LogP contribution in [0.2, 0.25) is 0 Å². The average molecular weight is 437 g/mol. The number of hydrogen-bond acceptors (Lipinski definition) is 3. The largest absolute Gasteiger partial charge is 0.416 e. The van der Waals surface area contributed by atoms with Crippen molar-refractivity contribution in [1.29, 1.82) is 0 Å². The molecule has 1 aromatic rings. The molecule has 0 saturated carbocycles. The number of piperidine rings is 1. The van der Waals surface area contributed by atoms with Gasteiger partial charge in [-0.3, -0.25) is 9.36 Å². The molecule has 0 aliphatic carbocycles. The van der Waals surface area contributed by atoms with Gasteiger partial charge in [0, 0.05) is 13.1 Å². The molecule has 0 radical (unpaired) electrons. The first kappa shape index (κ1) is 23.9.